The molecule has 3 nitrogen and oxygen atoms in total. The normalized spacial score (nSPS) is 18.5. The summed E-state index contributed by atoms with van der Waals surface area (Å²) in [4.78, 5) is 16.3. The van der Waals surface area contributed by atoms with E-state index in [4.69, 9.17) is 0 Å². The summed E-state index contributed by atoms with van der Waals surface area (Å²) in [6, 6.07) is 13.0. The maximum Gasteiger partial charge on any atom is 0.237 e. The highest BCUT2D eigenvalue weighted by molar-refractivity contribution is 7.10. The summed E-state index contributed by atoms with van der Waals surface area (Å²) in [6.45, 7) is 5.47. The fraction of sp³-hybridized carbons (Fsp3) is 0.421. The van der Waals surface area contributed by atoms with Gasteiger partial charge in [0, 0.05) is 17.5 Å². The summed E-state index contributed by atoms with van der Waals surface area (Å²) in [5, 5.41) is 5.48. The zero-order chi connectivity index (χ0) is 16.2. The molecule has 2 atom stereocenters. The number of nitrogens with one attached hydrogen (secondary N) is 1. The molecule has 0 unspecified atom stereocenters. The van der Waals surface area contributed by atoms with Crippen LogP contribution in [0.1, 0.15) is 42.3 Å². The molecule has 0 aliphatic carbocycles. The van der Waals surface area contributed by atoms with Gasteiger partial charge in [0.1, 0.15) is 0 Å². The number of thiophene rings is 1. The molecule has 0 radical (unpaired) electrons. The summed E-state index contributed by atoms with van der Waals surface area (Å²) < 4.78 is 0. The number of amides is 1. The van der Waals surface area contributed by atoms with Gasteiger partial charge < -0.3 is 10.2 Å². The second-order valence-electron chi connectivity index (χ2n) is 6.14. The Labute approximate surface area is 142 Å². The molecular weight excluding hydrogens is 304 g/mol. The van der Waals surface area contributed by atoms with Gasteiger partial charge in [-0.2, -0.15) is 0 Å². The van der Waals surface area contributed by atoms with Gasteiger partial charge in [-0.05, 0) is 42.3 Å². The number of rotatable bonds is 5. The summed E-state index contributed by atoms with van der Waals surface area (Å²) >= 11 is 1.81. The summed E-state index contributed by atoms with van der Waals surface area (Å²) in [7, 11) is 0. The lowest BCUT2D eigenvalue weighted by Crippen LogP contribution is -2.45. The molecule has 0 spiro atoms. The standard InChI is InChI=1S/C19H24N2OS/c1-3-14(2)20-13-18(22)21-11-9-17-16(10-12-23-17)19(21)15-7-5-4-6-8-15/h4-8,10,12,14,19-20H,3,9,11,13H2,1-2H3/t14-,19+/m0/s1. The maximum absolute atomic E-state index is 12.8. The monoisotopic (exact) mass is 328 g/mol. The van der Waals surface area contributed by atoms with Crippen molar-refractivity contribution in [1.29, 1.82) is 0 Å². The smallest absolute Gasteiger partial charge is 0.237 e. The summed E-state index contributed by atoms with van der Waals surface area (Å²) in [6.07, 6.45) is 2.00. The highest BCUT2D eigenvalue weighted by atomic mass is 32.1. The van der Waals surface area contributed by atoms with E-state index in [1.54, 1.807) is 11.3 Å². The van der Waals surface area contributed by atoms with Crippen LogP contribution in [0.5, 0.6) is 0 Å². The van der Waals surface area contributed by atoms with Crippen LogP contribution < -0.4 is 5.32 Å². The molecule has 2 aromatic rings. The molecule has 0 saturated carbocycles. The number of fused-ring (bicyclic) bond motifs is 1. The number of benzene rings is 1. The van der Waals surface area contributed by atoms with Crippen LogP contribution in [0.4, 0.5) is 0 Å². The van der Waals surface area contributed by atoms with E-state index in [1.807, 2.05) is 11.0 Å². The van der Waals surface area contributed by atoms with Gasteiger partial charge in [-0.25, -0.2) is 0 Å². The molecule has 1 aromatic carbocycles. The number of carbonyl (C=O) groups is 1. The average molecular weight is 328 g/mol. The third-order valence-electron chi connectivity index (χ3n) is 4.62. The molecule has 1 amide bonds. The van der Waals surface area contributed by atoms with Crippen molar-refractivity contribution < 1.29 is 4.79 Å². The molecule has 0 bridgehead atoms. The molecule has 0 fully saturated rings. The molecule has 4 heteroatoms. The van der Waals surface area contributed by atoms with Crippen molar-refractivity contribution in [3.8, 4) is 0 Å². The molecule has 1 aliphatic heterocycles. The predicted octanol–water partition coefficient (Wildman–Crippen LogP) is 3.61. The average Bonchev–Trinajstić information content (AvgIpc) is 3.07. The van der Waals surface area contributed by atoms with E-state index in [0.29, 0.717) is 12.6 Å². The minimum atomic E-state index is 0.0532. The topological polar surface area (TPSA) is 32.3 Å². The zero-order valence-corrected chi connectivity index (χ0v) is 14.6. The van der Waals surface area contributed by atoms with Crippen molar-refractivity contribution in [2.75, 3.05) is 13.1 Å². The van der Waals surface area contributed by atoms with E-state index in [2.05, 4.69) is 54.9 Å². The predicted molar refractivity (Wildman–Crippen MR) is 95.8 cm³/mol. The van der Waals surface area contributed by atoms with E-state index in [1.165, 1.54) is 16.0 Å². The molecular formula is C19H24N2OS. The number of nitrogens with zero attached hydrogens (tertiary/aromatic N) is 1. The third-order valence-corrected chi connectivity index (χ3v) is 5.61. The lowest BCUT2D eigenvalue weighted by Gasteiger charge is -2.36. The van der Waals surface area contributed by atoms with Crippen molar-refractivity contribution >= 4 is 17.2 Å². The van der Waals surface area contributed by atoms with Gasteiger partial charge >= 0.3 is 0 Å². The second-order valence-corrected chi connectivity index (χ2v) is 7.14. The Morgan fingerprint density at radius 2 is 2.13 bits per heavy atom. The molecule has 1 aromatic heterocycles. The minimum Gasteiger partial charge on any atom is -0.330 e. The summed E-state index contributed by atoms with van der Waals surface area (Å²) in [5.41, 5.74) is 2.49. The van der Waals surface area contributed by atoms with E-state index in [-0.39, 0.29) is 11.9 Å². The van der Waals surface area contributed by atoms with E-state index < -0.39 is 0 Å². The van der Waals surface area contributed by atoms with Gasteiger partial charge in [-0.3, -0.25) is 4.79 Å². The highest BCUT2D eigenvalue weighted by Gasteiger charge is 2.32. The first-order valence-electron chi connectivity index (χ1n) is 8.34. The Morgan fingerprint density at radius 1 is 1.35 bits per heavy atom. The minimum absolute atomic E-state index is 0.0532. The van der Waals surface area contributed by atoms with Crippen molar-refractivity contribution in [3.63, 3.8) is 0 Å². The van der Waals surface area contributed by atoms with Gasteiger partial charge in [-0.15, -0.1) is 11.3 Å². The summed E-state index contributed by atoms with van der Waals surface area (Å²) in [5.74, 6) is 0.191. The van der Waals surface area contributed by atoms with Crippen molar-refractivity contribution in [1.82, 2.24) is 10.2 Å². The van der Waals surface area contributed by atoms with E-state index >= 15 is 0 Å². The first-order valence-corrected chi connectivity index (χ1v) is 9.22. The largest absolute Gasteiger partial charge is 0.330 e. The third kappa shape index (κ3) is 3.48. The van der Waals surface area contributed by atoms with Gasteiger partial charge in [0.2, 0.25) is 5.91 Å². The van der Waals surface area contributed by atoms with Gasteiger partial charge in [0.15, 0.2) is 0 Å². The molecule has 23 heavy (non-hydrogen) atoms. The van der Waals surface area contributed by atoms with Crippen LogP contribution >= 0.6 is 11.3 Å². The van der Waals surface area contributed by atoms with Gasteiger partial charge in [0.05, 0.1) is 12.6 Å². The van der Waals surface area contributed by atoms with Crippen LogP contribution in [0.15, 0.2) is 41.8 Å². The Kier molecular flexibility index (Phi) is 5.13. The van der Waals surface area contributed by atoms with Crippen LogP contribution in [0.25, 0.3) is 0 Å². The SMILES string of the molecule is CC[C@H](C)NCC(=O)N1CCc2sccc2[C@H]1c1ccccc1. The molecule has 1 N–H and O–H groups in total. The molecule has 1 aliphatic rings. The van der Waals surface area contributed by atoms with E-state index in [9.17, 15) is 4.79 Å². The number of carbonyl (C=O) groups excluding carboxylic acids is 1. The maximum atomic E-state index is 12.8. The lowest BCUT2D eigenvalue weighted by molar-refractivity contribution is -0.132. The van der Waals surface area contributed by atoms with Crippen LogP contribution in [0, 0.1) is 0 Å². The fourth-order valence-electron chi connectivity index (χ4n) is 3.09. The van der Waals surface area contributed by atoms with Crippen LogP contribution in [0.3, 0.4) is 0 Å². The molecule has 0 saturated heterocycles. The van der Waals surface area contributed by atoms with Crippen molar-refractivity contribution in [3.05, 3.63) is 57.8 Å². The molecule has 3 rings (SSSR count). The molecule has 2 heterocycles. The van der Waals surface area contributed by atoms with Crippen LogP contribution in [-0.4, -0.2) is 29.9 Å². The quantitative estimate of drug-likeness (QED) is 0.909. The number of hydrogen-bond donors (Lipinski definition) is 1. The highest BCUT2D eigenvalue weighted by Crippen LogP contribution is 2.37. The first kappa shape index (κ1) is 16.2. The van der Waals surface area contributed by atoms with E-state index in [0.717, 1.165) is 19.4 Å². The Hall–Kier alpha value is -1.65. The Morgan fingerprint density at radius 3 is 2.87 bits per heavy atom. The first-order chi connectivity index (χ1) is 11.2. The van der Waals surface area contributed by atoms with Crippen molar-refractivity contribution in [2.24, 2.45) is 0 Å². The van der Waals surface area contributed by atoms with Crippen molar-refractivity contribution in [2.45, 2.75) is 38.8 Å². The van der Waals surface area contributed by atoms with Crippen LogP contribution in [0.2, 0.25) is 0 Å². The lowest BCUT2D eigenvalue weighted by atomic mass is 9.93. The Balaban J connectivity index is 1.85. The zero-order valence-electron chi connectivity index (χ0n) is 13.8. The molecule has 122 valence electrons. The van der Waals surface area contributed by atoms with Gasteiger partial charge in [-0.1, -0.05) is 37.3 Å². The fourth-order valence-corrected chi connectivity index (χ4v) is 3.99. The Bertz CT molecular complexity index is 652. The van der Waals surface area contributed by atoms with Crippen LogP contribution in [-0.2, 0) is 11.2 Å². The second kappa shape index (κ2) is 7.28. The number of hydrogen-bond acceptors (Lipinski definition) is 3. The van der Waals surface area contributed by atoms with Gasteiger partial charge in [0.25, 0.3) is 0 Å².